The Hall–Kier alpha value is -0.353. The molecule has 1 rings (SSSR count). The molecule has 1 atom stereocenters. The lowest BCUT2D eigenvalue weighted by atomic mass is 10.3. The van der Waals surface area contributed by atoms with Gasteiger partial charge >= 0.3 is 0 Å². The molecule has 1 heterocycles. The van der Waals surface area contributed by atoms with E-state index in [1.54, 1.807) is 0 Å². The van der Waals surface area contributed by atoms with Crippen LogP contribution in [0.4, 0.5) is 0 Å². The van der Waals surface area contributed by atoms with Crippen molar-refractivity contribution >= 4 is 14.2 Å². The molecule has 1 fully saturated rings. The number of amides is 1. The SMILES string of the molecule is CCC(=O)N1CCC(O[Si](CC)(CC)CC)C1. The lowest BCUT2D eigenvalue weighted by Crippen LogP contribution is -2.41. The Morgan fingerprint density at radius 1 is 1.24 bits per heavy atom. The second-order valence-corrected chi connectivity index (χ2v) is 9.69. The minimum Gasteiger partial charge on any atom is -0.412 e. The summed E-state index contributed by atoms with van der Waals surface area (Å²) in [5.41, 5.74) is 0. The summed E-state index contributed by atoms with van der Waals surface area (Å²) in [4.78, 5) is 13.6. The molecule has 0 aromatic carbocycles. The van der Waals surface area contributed by atoms with Gasteiger partial charge in [0.1, 0.15) is 0 Å². The van der Waals surface area contributed by atoms with E-state index in [1.807, 2.05) is 11.8 Å². The van der Waals surface area contributed by atoms with Gasteiger partial charge in [-0.3, -0.25) is 4.79 Å². The van der Waals surface area contributed by atoms with Gasteiger partial charge in [-0.1, -0.05) is 27.7 Å². The van der Waals surface area contributed by atoms with Crippen molar-refractivity contribution in [3.8, 4) is 0 Å². The first-order valence-electron chi connectivity index (χ1n) is 7.06. The van der Waals surface area contributed by atoms with Gasteiger partial charge in [0.05, 0.1) is 6.10 Å². The standard InChI is InChI=1S/C13H27NO2Si/c1-5-13(15)14-10-9-12(11-14)16-17(6-2,7-3)8-4/h12H,5-11H2,1-4H3. The van der Waals surface area contributed by atoms with Crippen LogP contribution in [0.5, 0.6) is 0 Å². The topological polar surface area (TPSA) is 29.5 Å². The van der Waals surface area contributed by atoms with E-state index in [0.29, 0.717) is 12.5 Å². The maximum Gasteiger partial charge on any atom is 0.222 e. The molecular formula is C13H27NO2Si. The molecule has 0 radical (unpaired) electrons. The Bertz CT molecular complexity index is 246. The van der Waals surface area contributed by atoms with Crippen molar-refractivity contribution in [1.29, 1.82) is 0 Å². The summed E-state index contributed by atoms with van der Waals surface area (Å²) in [6.07, 6.45) is 1.95. The van der Waals surface area contributed by atoms with Crippen molar-refractivity contribution in [3.63, 3.8) is 0 Å². The zero-order valence-electron chi connectivity index (χ0n) is 11.8. The number of nitrogens with zero attached hydrogens (tertiary/aromatic N) is 1. The predicted octanol–water partition coefficient (Wildman–Crippen LogP) is 3.02. The van der Waals surface area contributed by atoms with E-state index in [4.69, 9.17) is 4.43 Å². The number of carbonyl (C=O) groups is 1. The molecule has 100 valence electrons. The molecule has 17 heavy (non-hydrogen) atoms. The van der Waals surface area contributed by atoms with Gasteiger partial charge < -0.3 is 9.33 Å². The van der Waals surface area contributed by atoms with Crippen LogP contribution in [-0.2, 0) is 9.22 Å². The van der Waals surface area contributed by atoms with Crippen LogP contribution in [0.2, 0.25) is 18.1 Å². The highest BCUT2D eigenvalue weighted by Crippen LogP contribution is 2.26. The van der Waals surface area contributed by atoms with E-state index in [1.165, 1.54) is 18.1 Å². The Balaban J connectivity index is 2.51. The van der Waals surface area contributed by atoms with E-state index in [9.17, 15) is 4.79 Å². The predicted molar refractivity (Wildman–Crippen MR) is 73.6 cm³/mol. The number of hydrogen-bond donors (Lipinski definition) is 0. The van der Waals surface area contributed by atoms with Crippen LogP contribution in [0.15, 0.2) is 0 Å². The normalized spacial score (nSPS) is 20.9. The van der Waals surface area contributed by atoms with Crippen LogP contribution < -0.4 is 0 Å². The monoisotopic (exact) mass is 257 g/mol. The second kappa shape index (κ2) is 6.54. The largest absolute Gasteiger partial charge is 0.412 e. The maximum absolute atomic E-state index is 11.6. The smallest absolute Gasteiger partial charge is 0.222 e. The highest BCUT2D eigenvalue weighted by molar-refractivity contribution is 6.73. The molecule has 1 aliphatic heterocycles. The first-order chi connectivity index (χ1) is 8.10. The molecule has 1 amide bonds. The number of carbonyl (C=O) groups excluding carboxylic acids is 1. The molecule has 0 N–H and O–H groups in total. The number of rotatable bonds is 6. The summed E-state index contributed by atoms with van der Waals surface area (Å²) in [5, 5.41) is 0. The summed E-state index contributed by atoms with van der Waals surface area (Å²) in [6, 6.07) is 3.58. The van der Waals surface area contributed by atoms with E-state index in [2.05, 4.69) is 20.8 Å². The first kappa shape index (κ1) is 14.7. The average molecular weight is 257 g/mol. The van der Waals surface area contributed by atoms with Gasteiger partial charge in [0.25, 0.3) is 0 Å². The van der Waals surface area contributed by atoms with Gasteiger partial charge in [0.15, 0.2) is 8.32 Å². The highest BCUT2D eigenvalue weighted by Gasteiger charge is 2.35. The minimum atomic E-state index is -1.49. The molecule has 1 saturated heterocycles. The Labute approximate surface area is 107 Å². The Morgan fingerprint density at radius 3 is 2.29 bits per heavy atom. The number of hydrogen-bond acceptors (Lipinski definition) is 2. The third kappa shape index (κ3) is 3.55. The van der Waals surface area contributed by atoms with Gasteiger partial charge in [0, 0.05) is 19.5 Å². The lowest BCUT2D eigenvalue weighted by molar-refractivity contribution is -0.130. The minimum absolute atomic E-state index is 0.271. The zero-order valence-corrected chi connectivity index (χ0v) is 12.8. The molecule has 1 unspecified atom stereocenters. The first-order valence-corrected chi connectivity index (χ1v) is 9.59. The summed E-state index contributed by atoms with van der Waals surface area (Å²) in [5.74, 6) is 0.271. The molecule has 0 bridgehead atoms. The van der Waals surface area contributed by atoms with Crippen LogP contribution in [0.3, 0.4) is 0 Å². The van der Waals surface area contributed by atoms with Crippen LogP contribution in [0.25, 0.3) is 0 Å². The van der Waals surface area contributed by atoms with Crippen molar-refractivity contribution in [2.24, 2.45) is 0 Å². The van der Waals surface area contributed by atoms with Crippen molar-refractivity contribution in [3.05, 3.63) is 0 Å². The van der Waals surface area contributed by atoms with E-state index >= 15 is 0 Å². The molecule has 0 aliphatic carbocycles. The molecule has 1 aliphatic rings. The fourth-order valence-corrected chi connectivity index (χ4v) is 5.53. The van der Waals surface area contributed by atoms with Crippen LogP contribution >= 0.6 is 0 Å². The summed E-state index contributed by atoms with van der Waals surface area (Å²) in [6.45, 7) is 10.4. The van der Waals surface area contributed by atoms with Crippen LogP contribution in [0, 0.1) is 0 Å². The molecule has 3 nitrogen and oxygen atoms in total. The molecule has 0 saturated carbocycles. The average Bonchev–Trinajstić information content (AvgIpc) is 2.83. The Morgan fingerprint density at radius 2 is 1.82 bits per heavy atom. The quantitative estimate of drug-likeness (QED) is 0.685. The summed E-state index contributed by atoms with van der Waals surface area (Å²) < 4.78 is 6.42. The fourth-order valence-electron chi connectivity index (χ4n) is 2.63. The van der Waals surface area contributed by atoms with Crippen molar-refractivity contribution in [2.75, 3.05) is 13.1 Å². The number of likely N-dealkylation sites (tertiary alicyclic amines) is 1. The van der Waals surface area contributed by atoms with Gasteiger partial charge in [-0.15, -0.1) is 0 Å². The van der Waals surface area contributed by atoms with Crippen molar-refractivity contribution in [2.45, 2.75) is 64.8 Å². The lowest BCUT2D eigenvalue weighted by Gasteiger charge is -2.31. The van der Waals surface area contributed by atoms with Gasteiger partial charge in [0.2, 0.25) is 5.91 Å². The highest BCUT2D eigenvalue weighted by atomic mass is 28.4. The van der Waals surface area contributed by atoms with Gasteiger partial charge in [-0.2, -0.15) is 0 Å². The van der Waals surface area contributed by atoms with Crippen LogP contribution in [-0.4, -0.2) is 38.3 Å². The van der Waals surface area contributed by atoms with Gasteiger partial charge in [-0.25, -0.2) is 0 Å². The van der Waals surface area contributed by atoms with E-state index in [0.717, 1.165) is 19.5 Å². The third-order valence-electron chi connectivity index (χ3n) is 4.15. The van der Waals surface area contributed by atoms with Gasteiger partial charge in [-0.05, 0) is 24.6 Å². The van der Waals surface area contributed by atoms with E-state index in [-0.39, 0.29) is 5.91 Å². The second-order valence-electron chi connectivity index (χ2n) is 4.97. The van der Waals surface area contributed by atoms with E-state index < -0.39 is 8.32 Å². The molecule has 0 spiro atoms. The summed E-state index contributed by atoms with van der Waals surface area (Å²) in [7, 11) is -1.49. The maximum atomic E-state index is 11.6. The Kier molecular flexibility index (Phi) is 5.66. The molecule has 0 aromatic rings. The molecule has 4 heteroatoms. The molecule has 0 aromatic heterocycles. The van der Waals surface area contributed by atoms with Crippen molar-refractivity contribution in [1.82, 2.24) is 4.90 Å². The van der Waals surface area contributed by atoms with Crippen LogP contribution in [0.1, 0.15) is 40.5 Å². The fraction of sp³-hybridized carbons (Fsp3) is 0.923. The molecular weight excluding hydrogens is 230 g/mol. The third-order valence-corrected chi connectivity index (χ3v) is 8.85. The zero-order chi connectivity index (χ0) is 12.9. The van der Waals surface area contributed by atoms with Crippen molar-refractivity contribution < 1.29 is 9.22 Å². The summed E-state index contributed by atoms with van der Waals surface area (Å²) >= 11 is 0.